The van der Waals surface area contributed by atoms with E-state index in [0.717, 1.165) is 44.1 Å². The van der Waals surface area contributed by atoms with Gasteiger partial charge in [0.1, 0.15) is 11.5 Å². The lowest BCUT2D eigenvalue weighted by molar-refractivity contribution is -0.129. The van der Waals surface area contributed by atoms with E-state index in [0.29, 0.717) is 29.3 Å². The second-order valence-electron chi connectivity index (χ2n) is 7.87. The van der Waals surface area contributed by atoms with Crippen molar-refractivity contribution < 1.29 is 9.90 Å². The number of rotatable bonds is 1. The molecular formula is C20H26O2. The maximum Gasteiger partial charge on any atom is 0.139 e. The highest BCUT2D eigenvalue weighted by atomic mass is 16.3. The van der Waals surface area contributed by atoms with Crippen LogP contribution in [0.15, 0.2) is 12.1 Å². The van der Waals surface area contributed by atoms with Gasteiger partial charge in [0.05, 0.1) is 0 Å². The van der Waals surface area contributed by atoms with Crippen LogP contribution in [0, 0.1) is 17.3 Å². The molecule has 0 spiro atoms. The molecule has 0 bridgehead atoms. The number of fused-ring (bicyclic) bond motifs is 5. The van der Waals surface area contributed by atoms with E-state index in [2.05, 4.69) is 19.9 Å². The highest BCUT2D eigenvalue weighted by Crippen LogP contribution is 2.59. The molecule has 2 nitrogen and oxygen atoms in total. The van der Waals surface area contributed by atoms with Gasteiger partial charge in [-0.3, -0.25) is 4.79 Å². The number of hydrogen-bond acceptors (Lipinski definition) is 2. The van der Waals surface area contributed by atoms with Crippen molar-refractivity contribution in [3.8, 4) is 5.75 Å². The summed E-state index contributed by atoms with van der Waals surface area (Å²) in [6.45, 7) is 4.34. The van der Waals surface area contributed by atoms with Crippen molar-refractivity contribution in [3.05, 3.63) is 28.8 Å². The number of phenolic OH excluding ortho intramolecular Hbond substituents is 1. The van der Waals surface area contributed by atoms with E-state index in [4.69, 9.17) is 0 Å². The number of benzene rings is 1. The van der Waals surface area contributed by atoms with Gasteiger partial charge in [-0.25, -0.2) is 0 Å². The fraction of sp³-hybridized carbons (Fsp3) is 0.650. The SMILES string of the molecule is CCc1cc2c(cc1O)CCC1C2CC[C@]2(C)C(=O)CCC12. The van der Waals surface area contributed by atoms with Gasteiger partial charge in [0.15, 0.2) is 0 Å². The van der Waals surface area contributed by atoms with Gasteiger partial charge in [-0.05, 0) is 79.0 Å². The average Bonchev–Trinajstić information content (AvgIpc) is 2.82. The maximum absolute atomic E-state index is 12.4. The summed E-state index contributed by atoms with van der Waals surface area (Å²) in [5, 5.41) is 10.1. The normalized spacial score (nSPS) is 36.6. The second-order valence-corrected chi connectivity index (χ2v) is 7.87. The van der Waals surface area contributed by atoms with Crippen LogP contribution in [0.1, 0.15) is 68.6 Å². The third-order valence-electron chi connectivity index (χ3n) is 7.01. The third-order valence-corrected chi connectivity index (χ3v) is 7.01. The monoisotopic (exact) mass is 298 g/mol. The zero-order valence-electron chi connectivity index (χ0n) is 13.7. The van der Waals surface area contributed by atoms with E-state index in [9.17, 15) is 9.90 Å². The summed E-state index contributed by atoms with van der Waals surface area (Å²) in [5.41, 5.74) is 3.87. The first-order chi connectivity index (χ1) is 10.5. The van der Waals surface area contributed by atoms with Crippen molar-refractivity contribution in [2.75, 3.05) is 0 Å². The van der Waals surface area contributed by atoms with Crippen molar-refractivity contribution in [1.82, 2.24) is 0 Å². The molecule has 1 N–H and O–H groups in total. The smallest absolute Gasteiger partial charge is 0.139 e. The molecule has 0 aliphatic heterocycles. The van der Waals surface area contributed by atoms with E-state index in [1.807, 2.05) is 6.07 Å². The minimum Gasteiger partial charge on any atom is -0.508 e. The van der Waals surface area contributed by atoms with Crippen molar-refractivity contribution in [2.45, 2.75) is 64.7 Å². The highest BCUT2D eigenvalue weighted by Gasteiger charge is 2.54. The van der Waals surface area contributed by atoms with Crippen LogP contribution >= 0.6 is 0 Å². The largest absolute Gasteiger partial charge is 0.508 e. The fourth-order valence-corrected chi connectivity index (χ4v) is 5.71. The number of Topliss-reactive ketones (excluding diaryl/α,β-unsaturated/α-hetero) is 1. The Morgan fingerprint density at radius 1 is 1.23 bits per heavy atom. The molecule has 3 unspecified atom stereocenters. The van der Waals surface area contributed by atoms with Gasteiger partial charge in [0, 0.05) is 11.8 Å². The van der Waals surface area contributed by atoms with Gasteiger partial charge in [-0.15, -0.1) is 0 Å². The van der Waals surface area contributed by atoms with Crippen LogP contribution in [0.3, 0.4) is 0 Å². The van der Waals surface area contributed by atoms with Gasteiger partial charge in [0.2, 0.25) is 0 Å². The summed E-state index contributed by atoms with van der Waals surface area (Å²) >= 11 is 0. The van der Waals surface area contributed by atoms with E-state index in [-0.39, 0.29) is 5.41 Å². The Balaban J connectivity index is 1.74. The van der Waals surface area contributed by atoms with Crippen LogP contribution in [0.5, 0.6) is 5.75 Å². The molecule has 2 fully saturated rings. The first kappa shape index (κ1) is 14.3. The number of aryl methyl sites for hydroxylation is 2. The quantitative estimate of drug-likeness (QED) is 0.835. The topological polar surface area (TPSA) is 37.3 Å². The van der Waals surface area contributed by atoms with E-state index < -0.39 is 0 Å². The van der Waals surface area contributed by atoms with Crippen LogP contribution in [-0.4, -0.2) is 10.9 Å². The molecule has 1 aromatic carbocycles. The average molecular weight is 298 g/mol. The number of phenols is 1. The van der Waals surface area contributed by atoms with E-state index in [1.165, 1.54) is 17.5 Å². The first-order valence-corrected chi connectivity index (χ1v) is 8.92. The van der Waals surface area contributed by atoms with Crippen LogP contribution in [0.2, 0.25) is 0 Å². The Kier molecular flexibility index (Phi) is 3.15. The predicted molar refractivity (Wildman–Crippen MR) is 87.1 cm³/mol. The molecule has 0 radical (unpaired) electrons. The van der Waals surface area contributed by atoms with Crippen molar-refractivity contribution >= 4 is 5.78 Å². The molecule has 4 rings (SSSR count). The Labute approximate surface area is 132 Å². The number of hydrogen-bond donors (Lipinski definition) is 1. The molecule has 3 aliphatic rings. The molecule has 0 saturated heterocycles. The van der Waals surface area contributed by atoms with Crippen molar-refractivity contribution in [2.24, 2.45) is 17.3 Å². The summed E-state index contributed by atoms with van der Waals surface area (Å²) in [4.78, 5) is 12.4. The van der Waals surface area contributed by atoms with Crippen LogP contribution in [0.25, 0.3) is 0 Å². The summed E-state index contributed by atoms with van der Waals surface area (Å²) in [6, 6.07) is 4.28. The summed E-state index contributed by atoms with van der Waals surface area (Å²) in [5.74, 6) is 2.86. The van der Waals surface area contributed by atoms with Gasteiger partial charge >= 0.3 is 0 Å². The van der Waals surface area contributed by atoms with Crippen LogP contribution in [-0.2, 0) is 17.6 Å². The minimum atomic E-state index is -0.0385. The van der Waals surface area contributed by atoms with Gasteiger partial charge in [-0.1, -0.05) is 19.9 Å². The number of carbonyl (C=O) groups excluding carboxylic acids is 1. The van der Waals surface area contributed by atoms with Gasteiger partial charge < -0.3 is 5.11 Å². The fourth-order valence-electron chi connectivity index (χ4n) is 5.71. The number of ketones is 1. The Morgan fingerprint density at radius 2 is 2.05 bits per heavy atom. The summed E-state index contributed by atoms with van der Waals surface area (Å²) < 4.78 is 0. The lowest BCUT2D eigenvalue weighted by atomic mass is 9.55. The maximum atomic E-state index is 12.4. The zero-order valence-corrected chi connectivity index (χ0v) is 13.7. The molecule has 22 heavy (non-hydrogen) atoms. The molecule has 118 valence electrons. The van der Waals surface area contributed by atoms with Crippen molar-refractivity contribution in [1.29, 1.82) is 0 Å². The number of carbonyl (C=O) groups is 1. The molecule has 3 aliphatic carbocycles. The second kappa shape index (κ2) is 4.84. The third kappa shape index (κ3) is 1.82. The standard InChI is InChI=1S/C20H26O2/c1-3-12-10-16-13(11-18(12)21)4-5-15-14(16)8-9-20(2)17(15)6-7-19(20)22/h10-11,14-15,17,21H,3-9H2,1-2H3/t14?,15?,17?,20-/m0/s1. The van der Waals surface area contributed by atoms with E-state index in [1.54, 1.807) is 0 Å². The molecule has 0 heterocycles. The zero-order chi connectivity index (χ0) is 15.5. The molecular weight excluding hydrogens is 272 g/mol. The van der Waals surface area contributed by atoms with Gasteiger partial charge in [0.25, 0.3) is 0 Å². The summed E-state index contributed by atoms with van der Waals surface area (Å²) in [6.07, 6.45) is 7.24. The molecule has 2 heteroatoms. The summed E-state index contributed by atoms with van der Waals surface area (Å²) in [7, 11) is 0. The molecule has 4 atom stereocenters. The molecule has 0 aromatic heterocycles. The van der Waals surface area contributed by atoms with E-state index >= 15 is 0 Å². The molecule has 0 amide bonds. The Hall–Kier alpha value is -1.31. The first-order valence-electron chi connectivity index (χ1n) is 8.92. The Morgan fingerprint density at radius 3 is 2.82 bits per heavy atom. The van der Waals surface area contributed by atoms with Crippen molar-refractivity contribution in [3.63, 3.8) is 0 Å². The number of aromatic hydroxyl groups is 1. The lowest BCUT2D eigenvalue weighted by Gasteiger charge is -2.48. The van der Waals surface area contributed by atoms with Gasteiger partial charge in [-0.2, -0.15) is 0 Å². The predicted octanol–water partition coefficient (Wildman–Crippen LogP) is 4.38. The lowest BCUT2D eigenvalue weighted by Crippen LogP contribution is -2.42. The van der Waals surface area contributed by atoms with Crippen LogP contribution < -0.4 is 0 Å². The highest BCUT2D eigenvalue weighted by molar-refractivity contribution is 5.87. The Bertz CT molecular complexity index is 633. The minimum absolute atomic E-state index is 0.0385. The molecule has 1 aromatic rings. The van der Waals surface area contributed by atoms with Crippen LogP contribution in [0.4, 0.5) is 0 Å². The molecule has 2 saturated carbocycles.